The molecule has 1 aliphatic heterocycles. The molecule has 1 saturated heterocycles. The first-order chi connectivity index (χ1) is 12.5. The van der Waals surface area contributed by atoms with Crippen LogP contribution in [-0.2, 0) is 4.79 Å². The van der Waals surface area contributed by atoms with Crippen molar-refractivity contribution >= 4 is 11.8 Å². The van der Waals surface area contributed by atoms with E-state index in [2.05, 4.69) is 10.3 Å². The van der Waals surface area contributed by atoms with Crippen molar-refractivity contribution in [3.63, 3.8) is 0 Å². The maximum absolute atomic E-state index is 13.0. The summed E-state index contributed by atoms with van der Waals surface area (Å²) < 4.78 is 11.2. The maximum Gasteiger partial charge on any atom is 0.259 e. The normalized spacial score (nSPS) is 19.4. The minimum atomic E-state index is -0.200. The van der Waals surface area contributed by atoms with Crippen molar-refractivity contribution in [2.24, 2.45) is 0 Å². The van der Waals surface area contributed by atoms with Crippen molar-refractivity contribution in [2.45, 2.75) is 32.7 Å². The number of carbonyl (C=O) groups excluding carboxylic acids is 2. The van der Waals surface area contributed by atoms with E-state index in [1.54, 1.807) is 23.2 Å². The van der Waals surface area contributed by atoms with Crippen LogP contribution < -0.4 is 10.1 Å². The van der Waals surface area contributed by atoms with E-state index in [1.807, 2.05) is 26.0 Å². The molecular formula is C19H23N3O4. The molecule has 0 radical (unpaired) electrons. The number of furan rings is 1. The molecule has 3 heterocycles. The molecule has 0 aliphatic carbocycles. The third-order valence-electron chi connectivity index (χ3n) is 4.40. The smallest absolute Gasteiger partial charge is 0.259 e. The van der Waals surface area contributed by atoms with Crippen LogP contribution in [-0.4, -0.2) is 47.4 Å². The maximum atomic E-state index is 13.0. The number of hydrogen-bond acceptors (Lipinski definition) is 5. The average Bonchev–Trinajstić information content (AvgIpc) is 3.21. The molecule has 0 unspecified atom stereocenters. The topological polar surface area (TPSA) is 84.7 Å². The summed E-state index contributed by atoms with van der Waals surface area (Å²) in [6.45, 7) is 6.49. The van der Waals surface area contributed by atoms with Gasteiger partial charge < -0.3 is 19.4 Å². The first-order valence-electron chi connectivity index (χ1n) is 8.70. The molecule has 7 nitrogen and oxygen atoms in total. The lowest BCUT2D eigenvalue weighted by molar-refractivity contribution is -0.119. The zero-order valence-electron chi connectivity index (χ0n) is 15.2. The lowest BCUT2D eigenvalue weighted by Gasteiger charge is -2.18. The van der Waals surface area contributed by atoms with Gasteiger partial charge in [-0.2, -0.15) is 0 Å². The van der Waals surface area contributed by atoms with Gasteiger partial charge >= 0.3 is 0 Å². The number of rotatable bonds is 5. The van der Waals surface area contributed by atoms with Gasteiger partial charge in [-0.15, -0.1) is 0 Å². The number of nitrogens with one attached hydrogen (secondary N) is 1. The predicted octanol–water partition coefficient (Wildman–Crippen LogP) is 2.13. The number of hydrogen-bond donors (Lipinski definition) is 1. The zero-order valence-corrected chi connectivity index (χ0v) is 15.2. The summed E-state index contributed by atoms with van der Waals surface area (Å²) in [5.41, 5.74) is 0.423. The van der Waals surface area contributed by atoms with E-state index in [9.17, 15) is 9.59 Å². The molecule has 2 aromatic heterocycles. The summed E-state index contributed by atoms with van der Waals surface area (Å²) in [5, 5.41) is 2.94. The van der Waals surface area contributed by atoms with Crippen LogP contribution in [0, 0.1) is 6.92 Å². The van der Waals surface area contributed by atoms with Crippen molar-refractivity contribution in [1.82, 2.24) is 15.2 Å². The Balaban J connectivity index is 1.85. The number of amides is 2. The number of pyridine rings is 1. The second-order valence-corrected chi connectivity index (χ2v) is 6.36. The second-order valence-electron chi connectivity index (χ2n) is 6.36. The van der Waals surface area contributed by atoms with Crippen LogP contribution in [0.5, 0.6) is 5.88 Å². The minimum absolute atomic E-state index is 0.0937. The summed E-state index contributed by atoms with van der Waals surface area (Å²) in [6, 6.07) is 7.01. The Bertz CT molecular complexity index is 802. The van der Waals surface area contributed by atoms with Gasteiger partial charge in [-0.1, -0.05) is 0 Å². The van der Waals surface area contributed by atoms with E-state index in [-0.39, 0.29) is 23.8 Å². The zero-order chi connectivity index (χ0) is 18.7. The first kappa shape index (κ1) is 18.0. The molecule has 0 spiro atoms. The lowest BCUT2D eigenvalue weighted by Crippen LogP contribution is -2.39. The van der Waals surface area contributed by atoms with Crippen LogP contribution in [0.4, 0.5) is 0 Å². The minimum Gasteiger partial charge on any atom is -0.477 e. The average molecular weight is 357 g/mol. The molecular weight excluding hydrogens is 334 g/mol. The van der Waals surface area contributed by atoms with Gasteiger partial charge in [0.25, 0.3) is 5.91 Å². The Morgan fingerprint density at radius 1 is 1.35 bits per heavy atom. The van der Waals surface area contributed by atoms with Crippen molar-refractivity contribution < 1.29 is 18.7 Å². The van der Waals surface area contributed by atoms with E-state index in [1.165, 1.54) is 6.92 Å². The van der Waals surface area contributed by atoms with Gasteiger partial charge in [-0.25, -0.2) is 4.98 Å². The van der Waals surface area contributed by atoms with Crippen molar-refractivity contribution in [2.75, 3.05) is 19.7 Å². The molecule has 1 fully saturated rings. The fraction of sp³-hybridized carbons (Fsp3) is 0.421. The van der Waals surface area contributed by atoms with Gasteiger partial charge in [0.05, 0.1) is 18.6 Å². The standard InChI is InChI=1S/C19H23N3O4/c1-4-25-18-14(6-5-9-20-18)19(24)22-10-15(16(11-22)21-13(3)23)17-8-7-12(2)26-17/h5-9,15-16H,4,10-11H2,1-3H3,(H,21,23)/t15-,16-/m1/s1. The number of nitrogens with zero attached hydrogens (tertiary/aromatic N) is 2. The van der Waals surface area contributed by atoms with E-state index in [4.69, 9.17) is 9.15 Å². The number of ether oxygens (including phenoxy) is 1. The fourth-order valence-corrected chi connectivity index (χ4v) is 3.29. The third-order valence-corrected chi connectivity index (χ3v) is 4.40. The number of likely N-dealkylation sites (tertiary alicyclic amines) is 1. The van der Waals surface area contributed by atoms with E-state index in [0.29, 0.717) is 31.1 Å². The Labute approximate surface area is 152 Å². The summed E-state index contributed by atoms with van der Waals surface area (Å²) in [7, 11) is 0. The largest absolute Gasteiger partial charge is 0.477 e. The van der Waals surface area contributed by atoms with Gasteiger partial charge in [-0.05, 0) is 38.1 Å². The van der Waals surface area contributed by atoms with Crippen molar-refractivity contribution in [3.05, 3.63) is 47.5 Å². The Morgan fingerprint density at radius 3 is 2.81 bits per heavy atom. The SMILES string of the molecule is CCOc1ncccc1C(=O)N1C[C@@H](NC(C)=O)[C@H](c2ccc(C)o2)C1. The van der Waals surface area contributed by atoms with Gasteiger partial charge in [0, 0.05) is 26.2 Å². The molecule has 1 aliphatic rings. The molecule has 0 aromatic carbocycles. The lowest BCUT2D eigenvalue weighted by atomic mass is 10.0. The van der Waals surface area contributed by atoms with Gasteiger partial charge in [0.2, 0.25) is 11.8 Å². The monoisotopic (exact) mass is 357 g/mol. The molecule has 0 saturated carbocycles. The number of aryl methyl sites for hydroxylation is 1. The van der Waals surface area contributed by atoms with E-state index in [0.717, 1.165) is 11.5 Å². The predicted molar refractivity (Wildman–Crippen MR) is 95.1 cm³/mol. The molecule has 2 amide bonds. The highest BCUT2D eigenvalue weighted by Crippen LogP contribution is 2.31. The summed E-state index contributed by atoms with van der Waals surface area (Å²) >= 11 is 0. The van der Waals surface area contributed by atoms with E-state index < -0.39 is 0 Å². The summed E-state index contributed by atoms with van der Waals surface area (Å²) in [4.78, 5) is 30.5. The molecule has 0 bridgehead atoms. The Hall–Kier alpha value is -2.83. The molecule has 138 valence electrons. The molecule has 2 atom stereocenters. The molecule has 1 N–H and O–H groups in total. The molecule has 2 aromatic rings. The highest BCUT2D eigenvalue weighted by Gasteiger charge is 2.39. The molecule has 7 heteroatoms. The molecule has 3 rings (SSSR count). The number of carbonyl (C=O) groups is 2. The van der Waals surface area contributed by atoms with Gasteiger partial charge in [0.1, 0.15) is 17.1 Å². The van der Waals surface area contributed by atoms with Crippen LogP contribution >= 0.6 is 0 Å². The van der Waals surface area contributed by atoms with Crippen LogP contribution in [0.2, 0.25) is 0 Å². The first-order valence-corrected chi connectivity index (χ1v) is 8.70. The van der Waals surface area contributed by atoms with Crippen molar-refractivity contribution in [1.29, 1.82) is 0 Å². The van der Waals surface area contributed by atoms with Gasteiger partial charge in [-0.3, -0.25) is 9.59 Å². The second kappa shape index (κ2) is 7.59. The number of aromatic nitrogens is 1. The fourth-order valence-electron chi connectivity index (χ4n) is 3.29. The summed E-state index contributed by atoms with van der Waals surface area (Å²) in [5.74, 6) is 1.51. The highest BCUT2D eigenvalue weighted by molar-refractivity contribution is 5.96. The Morgan fingerprint density at radius 2 is 2.15 bits per heavy atom. The van der Waals surface area contributed by atoms with Crippen LogP contribution in [0.25, 0.3) is 0 Å². The van der Waals surface area contributed by atoms with Crippen LogP contribution in [0.15, 0.2) is 34.9 Å². The highest BCUT2D eigenvalue weighted by atomic mass is 16.5. The Kier molecular flexibility index (Phi) is 5.25. The summed E-state index contributed by atoms with van der Waals surface area (Å²) in [6.07, 6.45) is 1.60. The van der Waals surface area contributed by atoms with Crippen LogP contribution in [0.3, 0.4) is 0 Å². The van der Waals surface area contributed by atoms with E-state index >= 15 is 0 Å². The van der Waals surface area contributed by atoms with Crippen LogP contribution in [0.1, 0.15) is 41.6 Å². The third kappa shape index (κ3) is 3.71. The molecule has 26 heavy (non-hydrogen) atoms. The quantitative estimate of drug-likeness (QED) is 0.886. The van der Waals surface area contributed by atoms with Gasteiger partial charge in [0.15, 0.2) is 0 Å². The van der Waals surface area contributed by atoms with Crippen molar-refractivity contribution in [3.8, 4) is 5.88 Å².